The summed E-state index contributed by atoms with van der Waals surface area (Å²) in [5.41, 5.74) is -4.48. The molecule has 194 valence electrons. The zero-order chi connectivity index (χ0) is 25.7. The summed E-state index contributed by atoms with van der Waals surface area (Å²) in [6.45, 7) is 0.0744. The van der Waals surface area contributed by atoms with Gasteiger partial charge in [0.05, 0.1) is 23.3 Å². The minimum Gasteiger partial charge on any atom is -0.496 e. The highest BCUT2D eigenvalue weighted by Crippen LogP contribution is 2.47. The summed E-state index contributed by atoms with van der Waals surface area (Å²) >= 11 is 0. The van der Waals surface area contributed by atoms with Crippen LogP contribution in [-0.4, -0.2) is 45.5 Å². The maximum Gasteiger partial charge on any atom is 0.420 e. The van der Waals surface area contributed by atoms with E-state index in [1.807, 2.05) is 0 Å². The number of nitrogens with zero attached hydrogens (tertiary/aromatic N) is 1. The molecule has 0 bridgehead atoms. The van der Waals surface area contributed by atoms with Gasteiger partial charge < -0.3 is 9.64 Å². The highest BCUT2D eigenvalue weighted by Gasteiger charge is 2.47. The maximum absolute atomic E-state index is 15.3. The van der Waals surface area contributed by atoms with Crippen molar-refractivity contribution < 1.29 is 48.3 Å². The molecule has 3 rings (SSSR count). The molecule has 2 unspecified atom stereocenters. The predicted molar refractivity (Wildman–Crippen MR) is 108 cm³/mol. The van der Waals surface area contributed by atoms with Crippen LogP contribution in [0.15, 0.2) is 17.0 Å². The zero-order valence-corrected chi connectivity index (χ0v) is 19.3. The Morgan fingerprint density at radius 1 is 1.12 bits per heavy atom. The van der Waals surface area contributed by atoms with Crippen LogP contribution in [0.5, 0.6) is 5.75 Å². The van der Waals surface area contributed by atoms with Crippen molar-refractivity contribution in [3.8, 4) is 5.75 Å². The van der Waals surface area contributed by atoms with Gasteiger partial charge >= 0.3 is 6.18 Å². The number of methoxy groups -OCH3 is 1. The third kappa shape index (κ3) is 5.54. The Balaban J connectivity index is 2.17. The molecule has 0 N–H and O–H groups in total. The van der Waals surface area contributed by atoms with Crippen molar-refractivity contribution in [2.45, 2.75) is 79.9 Å². The lowest BCUT2D eigenvalue weighted by atomic mass is 9.89. The second-order valence-corrected chi connectivity index (χ2v) is 11.0. The minimum atomic E-state index is -4.96. The molecule has 1 aromatic carbocycles. The minimum absolute atomic E-state index is 0.187. The Morgan fingerprint density at radius 2 is 1.71 bits per heavy atom. The first-order valence-corrected chi connectivity index (χ1v) is 12.2. The van der Waals surface area contributed by atoms with Crippen LogP contribution in [0.4, 0.5) is 40.8 Å². The molecule has 0 radical (unpaired) electrons. The van der Waals surface area contributed by atoms with Crippen molar-refractivity contribution in [3.63, 3.8) is 0 Å². The van der Waals surface area contributed by atoms with E-state index >= 15 is 4.39 Å². The number of halogens is 8. The smallest absolute Gasteiger partial charge is 0.420 e. The Hall–Kier alpha value is -1.79. The SMILES string of the molecule is COc1cc2c(cc1C(F)(F)F)N(C1CCC(F)(F)CC1)CC(CCC(C)(F)F)C(F)S2(=O)=O. The van der Waals surface area contributed by atoms with Crippen LogP contribution in [0.1, 0.15) is 51.0 Å². The Kier molecular flexibility index (Phi) is 7.11. The molecule has 2 aliphatic rings. The Morgan fingerprint density at radius 3 is 2.21 bits per heavy atom. The highest BCUT2D eigenvalue weighted by molar-refractivity contribution is 7.92. The van der Waals surface area contributed by atoms with Gasteiger partial charge in [-0.3, -0.25) is 0 Å². The van der Waals surface area contributed by atoms with Gasteiger partial charge in [0.1, 0.15) is 5.75 Å². The first kappa shape index (κ1) is 26.8. The van der Waals surface area contributed by atoms with E-state index in [-0.39, 0.29) is 12.8 Å². The maximum atomic E-state index is 15.3. The third-order valence-electron chi connectivity index (χ3n) is 6.38. The zero-order valence-electron chi connectivity index (χ0n) is 18.4. The van der Waals surface area contributed by atoms with E-state index in [4.69, 9.17) is 4.74 Å². The summed E-state index contributed by atoms with van der Waals surface area (Å²) in [4.78, 5) is 0.391. The second kappa shape index (κ2) is 9.02. The van der Waals surface area contributed by atoms with Crippen LogP contribution in [0.2, 0.25) is 0 Å². The van der Waals surface area contributed by atoms with Gasteiger partial charge in [0.25, 0.3) is 0 Å². The number of sulfone groups is 1. The van der Waals surface area contributed by atoms with Gasteiger partial charge in [-0.25, -0.2) is 30.4 Å². The molecule has 1 aliphatic carbocycles. The molecule has 0 saturated heterocycles. The van der Waals surface area contributed by atoms with Crippen molar-refractivity contribution >= 4 is 15.5 Å². The van der Waals surface area contributed by atoms with Gasteiger partial charge in [-0.2, -0.15) is 13.2 Å². The van der Waals surface area contributed by atoms with E-state index in [0.717, 1.165) is 7.11 Å². The molecule has 13 heteroatoms. The van der Waals surface area contributed by atoms with E-state index < -0.39 is 99.4 Å². The van der Waals surface area contributed by atoms with Crippen molar-refractivity contribution in [1.29, 1.82) is 0 Å². The van der Waals surface area contributed by atoms with E-state index in [1.165, 1.54) is 4.90 Å². The van der Waals surface area contributed by atoms with Gasteiger partial charge in [-0.15, -0.1) is 0 Å². The third-order valence-corrected chi connectivity index (χ3v) is 8.30. The van der Waals surface area contributed by atoms with Crippen LogP contribution in [0.25, 0.3) is 0 Å². The summed E-state index contributed by atoms with van der Waals surface area (Å²) in [6.07, 6.45) is -7.93. The van der Waals surface area contributed by atoms with Crippen LogP contribution < -0.4 is 9.64 Å². The molecule has 1 aliphatic heterocycles. The lowest BCUT2D eigenvalue weighted by molar-refractivity contribution is -0.138. The summed E-state index contributed by atoms with van der Waals surface area (Å²) < 4.78 is 142. The van der Waals surface area contributed by atoms with Crippen molar-refractivity contribution in [3.05, 3.63) is 17.7 Å². The fourth-order valence-electron chi connectivity index (χ4n) is 4.54. The topological polar surface area (TPSA) is 46.6 Å². The fraction of sp³-hybridized carbons (Fsp3) is 0.714. The largest absolute Gasteiger partial charge is 0.496 e. The number of benzene rings is 1. The van der Waals surface area contributed by atoms with Crippen molar-refractivity contribution in [1.82, 2.24) is 0 Å². The molecule has 0 spiro atoms. The fourth-order valence-corrected chi connectivity index (χ4v) is 6.25. The first-order chi connectivity index (χ1) is 15.5. The van der Waals surface area contributed by atoms with Crippen LogP contribution >= 0.6 is 0 Å². The summed E-state index contributed by atoms with van der Waals surface area (Å²) in [5, 5.41) is 0. The lowest BCUT2D eigenvalue weighted by Crippen LogP contribution is -2.44. The summed E-state index contributed by atoms with van der Waals surface area (Å²) in [7, 11) is -4.02. The molecule has 34 heavy (non-hydrogen) atoms. The van der Waals surface area contributed by atoms with Crippen LogP contribution in [-0.2, 0) is 16.0 Å². The molecular formula is C21H25F8NO3S. The highest BCUT2D eigenvalue weighted by atomic mass is 32.2. The van der Waals surface area contributed by atoms with Crippen molar-refractivity contribution in [2.75, 3.05) is 18.6 Å². The number of hydrogen-bond acceptors (Lipinski definition) is 4. The number of anilines is 1. The summed E-state index contributed by atoms with van der Waals surface area (Å²) in [6, 6.07) is 0.265. The van der Waals surface area contributed by atoms with Gasteiger partial charge in [0.2, 0.25) is 27.2 Å². The second-order valence-electron chi connectivity index (χ2n) is 9.02. The summed E-state index contributed by atoms with van der Waals surface area (Å²) in [5.74, 6) is -8.57. The van der Waals surface area contributed by atoms with Gasteiger partial charge in [0.15, 0.2) is 0 Å². The van der Waals surface area contributed by atoms with Crippen molar-refractivity contribution in [2.24, 2.45) is 5.92 Å². The predicted octanol–water partition coefficient (Wildman–Crippen LogP) is 6.23. The molecule has 1 saturated carbocycles. The number of alkyl halides is 8. The molecule has 1 fully saturated rings. The lowest BCUT2D eigenvalue weighted by Gasteiger charge is -2.39. The van der Waals surface area contributed by atoms with Gasteiger partial charge in [-0.05, 0) is 32.3 Å². The quantitative estimate of drug-likeness (QED) is 0.429. The molecular weight excluding hydrogens is 498 g/mol. The average Bonchev–Trinajstić information content (AvgIpc) is 2.78. The number of hydrogen-bond donors (Lipinski definition) is 0. The Bertz CT molecular complexity index is 996. The van der Waals surface area contributed by atoms with Gasteiger partial charge in [0, 0.05) is 43.8 Å². The van der Waals surface area contributed by atoms with Gasteiger partial charge in [-0.1, -0.05) is 0 Å². The molecule has 0 amide bonds. The molecule has 0 aromatic heterocycles. The molecule has 1 heterocycles. The van der Waals surface area contributed by atoms with E-state index in [9.17, 15) is 39.2 Å². The standard InChI is InChI=1S/C21H25F8NO3S/c1-19(23,24)6-3-12-11-30(13-4-7-20(25,26)8-5-13)15-9-14(21(27,28)29)16(33-2)10-17(15)34(31,32)18(12)22/h9-10,12-13,18H,3-8,11H2,1-2H3. The number of rotatable bonds is 5. The first-order valence-electron chi connectivity index (χ1n) is 10.7. The number of ether oxygens (including phenoxy) is 1. The van der Waals surface area contributed by atoms with Crippen LogP contribution in [0, 0.1) is 5.92 Å². The monoisotopic (exact) mass is 523 g/mol. The normalized spacial score (nSPS) is 25.5. The molecule has 1 aromatic rings. The number of fused-ring (bicyclic) bond motifs is 1. The van der Waals surface area contributed by atoms with E-state index in [2.05, 4.69) is 0 Å². The van der Waals surface area contributed by atoms with Crippen LogP contribution in [0.3, 0.4) is 0 Å². The Labute approximate surface area is 192 Å². The molecule has 2 atom stereocenters. The molecule has 4 nitrogen and oxygen atoms in total. The van der Waals surface area contributed by atoms with E-state index in [1.54, 1.807) is 0 Å². The average molecular weight is 523 g/mol. The van der Waals surface area contributed by atoms with E-state index in [0.29, 0.717) is 19.1 Å².